The molecule has 0 radical (unpaired) electrons. The lowest BCUT2D eigenvalue weighted by Gasteiger charge is -1.91. The van der Waals surface area contributed by atoms with E-state index in [9.17, 15) is 4.91 Å². The summed E-state index contributed by atoms with van der Waals surface area (Å²) >= 11 is 0. The Morgan fingerprint density at radius 2 is 2.07 bits per heavy atom. The van der Waals surface area contributed by atoms with Crippen LogP contribution in [-0.4, -0.2) is 25.9 Å². The second kappa shape index (κ2) is 3.81. The van der Waals surface area contributed by atoms with Crippen molar-refractivity contribution in [2.45, 2.75) is 0 Å². The number of nitroso groups, excluding NO2 is 1. The summed E-state index contributed by atoms with van der Waals surface area (Å²) in [7, 11) is 1.66. The molecule has 1 heterocycles. The van der Waals surface area contributed by atoms with E-state index in [-0.39, 0.29) is 5.71 Å². The quantitative estimate of drug-likeness (QED) is 0.502. The van der Waals surface area contributed by atoms with Gasteiger partial charge in [0.05, 0.1) is 5.56 Å². The van der Waals surface area contributed by atoms with Gasteiger partial charge < -0.3 is 0 Å². The van der Waals surface area contributed by atoms with Crippen molar-refractivity contribution in [1.82, 2.24) is 25.1 Å². The zero-order valence-corrected chi connectivity index (χ0v) is 8.03. The second-order valence-corrected chi connectivity index (χ2v) is 2.93. The van der Waals surface area contributed by atoms with Crippen LogP contribution in [0.15, 0.2) is 30.3 Å². The Kier molecular flexibility index (Phi) is 2.35. The van der Waals surface area contributed by atoms with Gasteiger partial charge in [0.2, 0.25) is 4.85 Å². The topological polar surface area (TPSA) is 74.8 Å². The smallest absolute Gasteiger partial charge is 0.222 e. The Balaban J connectivity index is 2.53. The number of tetrazole rings is 1. The highest BCUT2D eigenvalue weighted by molar-refractivity contribution is 6.09. The van der Waals surface area contributed by atoms with Gasteiger partial charge in [-0.1, -0.05) is 18.2 Å². The fraction of sp³-hybridized carbons (Fsp3) is 0.111. The fourth-order valence-corrected chi connectivity index (χ4v) is 1.25. The van der Waals surface area contributed by atoms with Crippen LogP contribution in [0.2, 0.25) is 0 Å². The number of hydrogen-bond acceptors (Lipinski definition) is 4. The van der Waals surface area contributed by atoms with Crippen LogP contribution in [0.4, 0.5) is 0 Å². The standard InChI is InChI=1S/C9H8N5O/c1-14-9(10-12-13-14)8(11-15)7-5-3-2-4-6-7/h2-6H,1H3/q+1. The van der Waals surface area contributed by atoms with E-state index in [4.69, 9.17) is 0 Å². The Bertz CT molecular complexity index is 512. The maximum Gasteiger partial charge on any atom is 0.448 e. The highest BCUT2D eigenvalue weighted by Gasteiger charge is 2.25. The molecule has 0 atom stereocenters. The molecule has 0 N–H and O–H groups in total. The van der Waals surface area contributed by atoms with Crippen LogP contribution >= 0.6 is 0 Å². The van der Waals surface area contributed by atoms with Crippen LogP contribution in [0, 0.1) is 4.91 Å². The van der Waals surface area contributed by atoms with Gasteiger partial charge in [-0.05, 0) is 22.6 Å². The Labute approximate surface area is 85.2 Å². The lowest BCUT2D eigenvalue weighted by atomic mass is 10.1. The van der Waals surface area contributed by atoms with E-state index < -0.39 is 0 Å². The number of rotatable bonds is 2. The molecule has 0 unspecified atom stereocenters. The van der Waals surface area contributed by atoms with E-state index in [0.717, 1.165) is 0 Å². The molecule has 74 valence electrons. The Morgan fingerprint density at radius 1 is 1.33 bits per heavy atom. The molecule has 2 aromatic rings. The summed E-state index contributed by atoms with van der Waals surface area (Å²) in [5.74, 6) is 0.358. The molecule has 1 aromatic carbocycles. The molecule has 0 bridgehead atoms. The number of aromatic nitrogens is 4. The molecule has 0 aliphatic rings. The monoisotopic (exact) mass is 202 g/mol. The molecule has 0 saturated heterocycles. The highest BCUT2D eigenvalue weighted by atomic mass is 16.2. The summed E-state index contributed by atoms with van der Waals surface area (Å²) < 4.78 is 1.41. The molecule has 1 aromatic heterocycles. The van der Waals surface area contributed by atoms with Gasteiger partial charge in [0.1, 0.15) is 0 Å². The first-order valence-corrected chi connectivity index (χ1v) is 4.31. The molecule has 15 heavy (non-hydrogen) atoms. The third-order valence-electron chi connectivity index (χ3n) is 1.97. The van der Waals surface area contributed by atoms with E-state index in [0.29, 0.717) is 11.4 Å². The fourth-order valence-electron chi connectivity index (χ4n) is 1.25. The predicted molar refractivity (Wildman–Crippen MR) is 54.0 cm³/mol. The Morgan fingerprint density at radius 3 is 2.60 bits per heavy atom. The van der Waals surface area contributed by atoms with Crippen molar-refractivity contribution in [2.75, 3.05) is 0 Å². The lowest BCUT2D eigenvalue weighted by molar-refractivity contribution is 0.706. The summed E-state index contributed by atoms with van der Waals surface area (Å²) in [5.41, 5.74) is 0.938. The molecule has 0 aliphatic heterocycles. The first-order valence-electron chi connectivity index (χ1n) is 4.31. The average Bonchev–Trinajstić information content (AvgIpc) is 2.68. The molecule has 0 spiro atoms. The number of nitrogens with zero attached hydrogens (tertiary/aromatic N) is 5. The van der Waals surface area contributed by atoms with Crippen molar-refractivity contribution in [1.29, 1.82) is 0 Å². The van der Waals surface area contributed by atoms with Gasteiger partial charge in [0.25, 0.3) is 5.82 Å². The molecule has 0 amide bonds. The molecule has 0 aliphatic carbocycles. The summed E-state index contributed by atoms with van der Waals surface area (Å²) in [5, 5.41) is 10.8. The summed E-state index contributed by atoms with van der Waals surface area (Å²) in [6.07, 6.45) is 0. The third-order valence-corrected chi connectivity index (χ3v) is 1.97. The second-order valence-electron chi connectivity index (χ2n) is 2.93. The molecule has 6 nitrogen and oxygen atoms in total. The first-order chi connectivity index (χ1) is 7.33. The van der Waals surface area contributed by atoms with Crippen LogP contribution in [0.25, 0.3) is 0 Å². The van der Waals surface area contributed by atoms with Crippen molar-refractivity contribution in [3.05, 3.63) is 46.6 Å². The van der Waals surface area contributed by atoms with Gasteiger partial charge in [-0.15, -0.1) is 5.10 Å². The van der Waals surface area contributed by atoms with Gasteiger partial charge in [0, 0.05) is 7.05 Å². The van der Waals surface area contributed by atoms with E-state index >= 15 is 0 Å². The zero-order valence-electron chi connectivity index (χ0n) is 8.03. The minimum absolute atomic E-state index is 0.239. The maximum absolute atomic E-state index is 10.8. The maximum atomic E-state index is 10.8. The summed E-state index contributed by atoms with van der Waals surface area (Å²) in [4.78, 5) is 13.7. The van der Waals surface area contributed by atoms with Crippen LogP contribution in [-0.2, 0) is 7.05 Å². The molecule has 0 fully saturated rings. The van der Waals surface area contributed by atoms with Crippen LogP contribution in [0.3, 0.4) is 0 Å². The minimum atomic E-state index is 0.239. The third kappa shape index (κ3) is 1.66. The van der Waals surface area contributed by atoms with Crippen molar-refractivity contribution < 1.29 is 0 Å². The number of hydrogen-bond donors (Lipinski definition) is 0. The largest absolute Gasteiger partial charge is 0.448 e. The van der Waals surface area contributed by atoms with Crippen molar-refractivity contribution in [3.63, 3.8) is 0 Å². The lowest BCUT2D eigenvalue weighted by Crippen LogP contribution is -2.13. The number of aryl methyl sites for hydroxylation is 1. The van der Waals surface area contributed by atoms with E-state index in [1.807, 2.05) is 18.2 Å². The Hall–Kier alpha value is -2.33. The predicted octanol–water partition coefficient (Wildman–Crippen LogP) is -0.119. The molecular formula is C9H8N5O+. The first kappa shape index (κ1) is 9.23. The zero-order chi connectivity index (χ0) is 10.7. The van der Waals surface area contributed by atoms with Crippen molar-refractivity contribution in [3.8, 4) is 0 Å². The normalized spacial score (nSPS) is 9.67. The van der Waals surface area contributed by atoms with Crippen LogP contribution < -0.4 is 4.85 Å². The molecular weight excluding hydrogens is 194 g/mol. The van der Waals surface area contributed by atoms with Gasteiger partial charge in [-0.3, -0.25) is 0 Å². The molecule has 2 rings (SSSR count). The van der Waals surface area contributed by atoms with Crippen LogP contribution in [0.1, 0.15) is 11.4 Å². The van der Waals surface area contributed by atoms with Gasteiger partial charge in [-0.2, -0.15) is 0 Å². The van der Waals surface area contributed by atoms with Crippen LogP contribution in [0.5, 0.6) is 0 Å². The minimum Gasteiger partial charge on any atom is -0.222 e. The van der Waals surface area contributed by atoms with E-state index in [1.165, 1.54) is 4.68 Å². The molecule has 0 saturated carbocycles. The van der Waals surface area contributed by atoms with Crippen molar-refractivity contribution in [2.24, 2.45) is 7.05 Å². The van der Waals surface area contributed by atoms with Gasteiger partial charge in [-0.25, -0.2) is 4.68 Å². The summed E-state index contributed by atoms with van der Waals surface area (Å²) in [6.45, 7) is 0. The van der Waals surface area contributed by atoms with Gasteiger partial charge >= 0.3 is 5.71 Å². The SMILES string of the molecule is Cn1nnnc1C(=[N+]=O)c1ccccc1. The summed E-state index contributed by atoms with van der Waals surface area (Å²) in [6, 6.07) is 9.08. The average molecular weight is 202 g/mol. The van der Waals surface area contributed by atoms with Crippen molar-refractivity contribution >= 4 is 5.71 Å². The van der Waals surface area contributed by atoms with E-state index in [1.54, 1.807) is 19.2 Å². The van der Waals surface area contributed by atoms with Gasteiger partial charge in [0.15, 0.2) is 4.91 Å². The highest BCUT2D eigenvalue weighted by Crippen LogP contribution is 2.04. The number of benzene rings is 1. The molecule has 6 heteroatoms. The van der Waals surface area contributed by atoms with E-state index in [2.05, 4.69) is 20.4 Å².